The summed E-state index contributed by atoms with van der Waals surface area (Å²) >= 11 is 12.5. The molecule has 4 aromatic rings. The molecule has 0 radical (unpaired) electrons. The van der Waals surface area contributed by atoms with Crippen LogP contribution in [0.25, 0.3) is 16.9 Å². The van der Waals surface area contributed by atoms with Crippen molar-refractivity contribution in [2.45, 2.75) is 12.8 Å². The molecule has 1 aromatic carbocycles. The number of benzene rings is 1. The predicted octanol–water partition coefficient (Wildman–Crippen LogP) is 4.63. The van der Waals surface area contributed by atoms with Gasteiger partial charge in [-0.3, -0.25) is 14.5 Å². The number of hydrogen-bond acceptors (Lipinski definition) is 7. The number of aromatic nitrogens is 4. The highest BCUT2D eigenvalue weighted by atomic mass is 35.5. The lowest BCUT2D eigenvalue weighted by Crippen LogP contribution is -2.10. The van der Waals surface area contributed by atoms with Crippen LogP contribution < -0.4 is 11.1 Å². The van der Waals surface area contributed by atoms with Crippen LogP contribution in [0.3, 0.4) is 0 Å². The molecule has 11 heteroatoms. The Hall–Kier alpha value is -3.43. The zero-order valence-corrected chi connectivity index (χ0v) is 17.6. The molecule has 0 atom stereocenters. The first-order valence-electron chi connectivity index (χ1n) is 9.36. The highest BCUT2D eigenvalue weighted by Gasteiger charge is 2.14. The van der Waals surface area contributed by atoms with E-state index in [0.29, 0.717) is 58.0 Å². The number of anilines is 2. The lowest BCUT2D eigenvalue weighted by Gasteiger charge is -2.12. The van der Waals surface area contributed by atoms with Crippen LogP contribution in [0.15, 0.2) is 48.8 Å². The van der Waals surface area contributed by atoms with Crippen LogP contribution in [0.5, 0.6) is 0 Å². The number of halogens is 2. The maximum atomic E-state index is 10.9. The Morgan fingerprint density at radius 3 is 2.81 bits per heavy atom. The Bertz CT molecular complexity index is 1280. The van der Waals surface area contributed by atoms with Crippen LogP contribution in [0, 0.1) is 10.1 Å². The molecule has 3 heterocycles. The van der Waals surface area contributed by atoms with E-state index in [1.807, 2.05) is 28.8 Å². The molecule has 0 aliphatic heterocycles. The summed E-state index contributed by atoms with van der Waals surface area (Å²) in [7, 11) is 0. The van der Waals surface area contributed by atoms with Crippen molar-refractivity contribution in [2.24, 2.45) is 0 Å². The van der Waals surface area contributed by atoms with E-state index in [9.17, 15) is 10.1 Å². The average molecular weight is 458 g/mol. The van der Waals surface area contributed by atoms with Gasteiger partial charge in [-0.2, -0.15) is 0 Å². The van der Waals surface area contributed by atoms with Gasteiger partial charge < -0.3 is 11.1 Å². The van der Waals surface area contributed by atoms with Gasteiger partial charge in [-0.25, -0.2) is 15.0 Å². The van der Waals surface area contributed by atoms with Gasteiger partial charge in [-0.05, 0) is 25.0 Å². The van der Waals surface area contributed by atoms with Crippen molar-refractivity contribution < 1.29 is 4.92 Å². The molecular weight excluding hydrogens is 441 g/mol. The number of hydrogen-bond donors (Lipinski definition) is 2. The van der Waals surface area contributed by atoms with Crippen LogP contribution in [0.1, 0.15) is 12.1 Å². The second-order valence-corrected chi connectivity index (χ2v) is 7.50. The predicted molar refractivity (Wildman–Crippen MR) is 121 cm³/mol. The number of aryl methyl sites for hydroxylation is 1. The minimum Gasteiger partial charge on any atom is -0.378 e. The third-order valence-corrected chi connectivity index (χ3v) is 5.49. The number of nitro groups is 1. The van der Waals surface area contributed by atoms with E-state index in [1.165, 1.54) is 6.07 Å². The van der Waals surface area contributed by atoms with Gasteiger partial charge in [0.25, 0.3) is 0 Å². The summed E-state index contributed by atoms with van der Waals surface area (Å²) < 4.78 is 1.84. The van der Waals surface area contributed by atoms with Crippen molar-refractivity contribution in [3.63, 3.8) is 0 Å². The van der Waals surface area contributed by atoms with Gasteiger partial charge in [0.05, 0.1) is 20.7 Å². The monoisotopic (exact) mass is 457 g/mol. The molecule has 0 saturated carbocycles. The Labute approximate surface area is 187 Å². The molecule has 9 nitrogen and oxygen atoms in total. The SMILES string of the molecule is Nc1nc(CCCNc2nc(-c3cccc(Cl)c3Cl)cc3nccn23)ccc1[N+](=O)[O-]. The fraction of sp³-hybridized carbons (Fsp3) is 0.150. The molecular formula is C20H17Cl2N7O2. The number of pyridine rings is 1. The summed E-state index contributed by atoms with van der Waals surface area (Å²) in [4.78, 5) is 23.5. The Morgan fingerprint density at radius 1 is 1.19 bits per heavy atom. The molecule has 0 aliphatic rings. The average Bonchev–Trinajstić information content (AvgIpc) is 3.21. The van der Waals surface area contributed by atoms with E-state index in [0.717, 1.165) is 0 Å². The van der Waals surface area contributed by atoms with E-state index < -0.39 is 4.92 Å². The van der Waals surface area contributed by atoms with Crippen molar-refractivity contribution in [3.05, 3.63) is 74.6 Å². The molecule has 4 rings (SSSR count). The fourth-order valence-corrected chi connectivity index (χ4v) is 3.56. The minimum atomic E-state index is -0.547. The number of imidazole rings is 1. The van der Waals surface area contributed by atoms with Gasteiger partial charge in [-0.15, -0.1) is 0 Å². The molecule has 0 spiro atoms. The molecule has 0 saturated heterocycles. The quantitative estimate of drug-likeness (QED) is 0.235. The van der Waals surface area contributed by atoms with Gasteiger partial charge in [0.15, 0.2) is 0 Å². The number of nitrogens with two attached hydrogens (primary N) is 1. The van der Waals surface area contributed by atoms with Crippen LogP contribution in [0.2, 0.25) is 10.0 Å². The number of fused-ring (bicyclic) bond motifs is 1. The lowest BCUT2D eigenvalue weighted by atomic mass is 10.1. The number of nitrogens with one attached hydrogen (secondary N) is 1. The van der Waals surface area contributed by atoms with Crippen LogP contribution >= 0.6 is 23.2 Å². The number of rotatable bonds is 7. The molecule has 31 heavy (non-hydrogen) atoms. The van der Waals surface area contributed by atoms with Crippen molar-refractivity contribution in [1.29, 1.82) is 0 Å². The highest BCUT2D eigenvalue weighted by Crippen LogP contribution is 2.33. The number of nitrogen functional groups attached to an aromatic ring is 1. The fourth-order valence-electron chi connectivity index (χ4n) is 3.16. The topological polar surface area (TPSA) is 124 Å². The Morgan fingerprint density at radius 2 is 2.03 bits per heavy atom. The zero-order chi connectivity index (χ0) is 22.0. The van der Waals surface area contributed by atoms with E-state index in [-0.39, 0.29) is 11.5 Å². The summed E-state index contributed by atoms with van der Waals surface area (Å²) in [5.41, 5.74) is 8.23. The smallest absolute Gasteiger partial charge is 0.311 e. The molecule has 158 valence electrons. The van der Waals surface area contributed by atoms with Gasteiger partial charge in [0.2, 0.25) is 11.8 Å². The normalized spacial score (nSPS) is 11.0. The molecule has 0 amide bonds. The second kappa shape index (κ2) is 8.75. The standard InChI is InChI=1S/C20H17Cl2N7O2/c21-14-5-1-4-13(18(14)22)15-11-17-24-9-10-28(17)20(27-15)25-8-2-3-12-6-7-16(29(30)31)19(23)26-12/h1,4-7,9-11H,2-3,8H2,(H2,23,26)(H,25,27). The maximum absolute atomic E-state index is 10.9. The summed E-state index contributed by atoms with van der Waals surface area (Å²) in [5, 5.41) is 15.0. The molecule has 0 bridgehead atoms. The maximum Gasteiger partial charge on any atom is 0.311 e. The van der Waals surface area contributed by atoms with Crippen LogP contribution in [0.4, 0.5) is 17.5 Å². The van der Waals surface area contributed by atoms with Crippen molar-refractivity contribution in [1.82, 2.24) is 19.4 Å². The van der Waals surface area contributed by atoms with E-state index in [1.54, 1.807) is 18.3 Å². The largest absolute Gasteiger partial charge is 0.378 e. The molecule has 3 aromatic heterocycles. The van der Waals surface area contributed by atoms with Crippen LogP contribution in [-0.2, 0) is 6.42 Å². The summed E-state index contributed by atoms with van der Waals surface area (Å²) in [6.45, 7) is 0.589. The van der Waals surface area contributed by atoms with Crippen molar-refractivity contribution >= 4 is 46.3 Å². The second-order valence-electron chi connectivity index (χ2n) is 6.72. The van der Waals surface area contributed by atoms with Crippen LogP contribution in [-0.4, -0.2) is 30.8 Å². The first-order chi connectivity index (χ1) is 14.9. The van der Waals surface area contributed by atoms with Crippen molar-refractivity contribution in [2.75, 3.05) is 17.6 Å². The minimum absolute atomic E-state index is 0.0802. The molecule has 0 aliphatic carbocycles. The molecule has 3 N–H and O–H groups in total. The summed E-state index contributed by atoms with van der Waals surface area (Å²) in [6.07, 6.45) is 4.81. The van der Waals surface area contributed by atoms with E-state index >= 15 is 0 Å². The van der Waals surface area contributed by atoms with Gasteiger partial charge in [-0.1, -0.05) is 35.3 Å². The van der Waals surface area contributed by atoms with E-state index in [4.69, 9.17) is 33.9 Å². The van der Waals surface area contributed by atoms with Gasteiger partial charge >= 0.3 is 5.69 Å². The van der Waals surface area contributed by atoms with E-state index in [2.05, 4.69) is 15.3 Å². The highest BCUT2D eigenvalue weighted by molar-refractivity contribution is 6.43. The van der Waals surface area contributed by atoms with Crippen molar-refractivity contribution in [3.8, 4) is 11.3 Å². The van der Waals surface area contributed by atoms with Gasteiger partial charge in [0.1, 0.15) is 5.65 Å². The summed E-state index contributed by atoms with van der Waals surface area (Å²) in [6, 6.07) is 10.2. The Kier molecular flexibility index (Phi) is 5.88. The third-order valence-electron chi connectivity index (χ3n) is 4.67. The van der Waals surface area contributed by atoms with Gasteiger partial charge in [0, 0.05) is 42.3 Å². The number of nitrogens with zero attached hydrogens (tertiary/aromatic N) is 5. The zero-order valence-electron chi connectivity index (χ0n) is 16.1. The molecule has 0 unspecified atom stereocenters. The first kappa shape index (κ1) is 20.8. The molecule has 0 fully saturated rings. The summed E-state index contributed by atoms with van der Waals surface area (Å²) in [5.74, 6) is 0.528. The third kappa shape index (κ3) is 4.37. The Balaban J connectivity index is 1.50. The first-order valence-corrected chi connectivity index (χ1v) is 10.1. The lowest BCUT2D eigenvalue weighted by molar-refractivity contribution is -0.384.